The summed E-state index contributed by atoms with van der Waals surface area (Å²) in [6.07, 6.45) is 0.271. The highest BCUT2D eigenvalue weighted by Crippen LogP contribution is 2.32. The van der Waals surface area contributed by atoms with Gasteiger partial charge in [-0.05, 0) is 31.4 Å². The summed E-state index contributed by atoms with van der Waals surface area (Å²) < 4.78 is 14.5. The summed E-state index contributed by atoms with van der Waals surface area (Å²) in [5.41, 5.74) is 3.88. The van der Waals surface area contributed by atoms with Crippen molar-refractivity contribution in [2.45, 2.75) is 51.7 Å². The van der Waals surface area contributed by atoms with Crippen molar-refractivity contribution in [2.24, 2.45) is 5.92 Å². The molecule has 0 radical (unpaired) electrons. The number of hydrogen-bond acceptors (Lipinski definition) is 6. The zero-order chi connectivity index (χ0) is 23.7. The molecule has 1 aliphatic rings. The Morgan fingerprint density at radius 1 is 1.18 bits per heavy atom. The minimum absolute atomic E-state index is 0.0175. The van der Waals surface area contributed by atoms with Crippen molar-refractivity contribution in [2.75, 3.05) is 11.9 Å². The molecule has 9 heteroatoms. The Labute approximate surface area is 192 Å². The molecule has 8 nitrogen and oxygen atoms in total. The van der Waals surface area contributed by atoms with E-state index in [1.165, 1.54) is 5.56 Å². The van der Waals surface area contributed by atoms with Crippen LogP contribution in [-0.2, 0) is 4.79 Å². The third-order valence-electron chi connectivity index (χ3n) is 6.19. The Balaban J connectivity index is 1.52. The van der Waals surface area contributed by atoms with E-state index in [-0.39, 0.29) is 30.1 Å². The van der Waals surface area contributed by atoms with Crippen molar-refractivity contribution < 1.29 is 14.3 Å². The summed E-state index contributed by atoms with van der Waals surface area (Å²) in [6.45, 7) is 8.08. The van der Waals surface area contributed by atoms with Gasteiger partial charge in [0.1, 0.15) is 0 Å². The number of anilines is 1. The fourth-order valence-corrected chi connectivity index (χ4v) is 4.10. The molecule has 0 bridgehead atoms. The number of nitrogens with zero attached hydrogens (tertiary/aromatic N) is 3. The molecule has 2 aromatic heterocycles. The van der Waals surface area contributed by atoms with Gasteiger partial charge in [-0.3, -0.25) is 9.89 Å². The second-order valence-electron chi connectivity index (χ2n) is 8.91. The number of carbonyl (C=O) groups is 1. The molecule has 1 fully saturated rings. The van der Waals surface area contributed by atoms with Gasteiger partial charge in [0.05, 0.1) is 41.3 Å². The summed E-state index contributed by atoms with van der Waals surface area (Å²) in [6, 6.07) is 10.00. The monoisotopic (exact) mass is 452 g/mol. The first-order chi connectivity index (χ1) is 15.7. The van der Waals surface area contributed by atoms with Gasteiger partial charge < -0.3 is 15.7 Å². The molecule has 1 amide bonds. The Bertz CT molecular complexity index is 1130. The lowest BCUT2D eigenvalue weighted by atomic mass is 9.88. The normalized spacial score (nSPS) is 20.0. The molecule has 1 aliphatic heterocycles. The van der Waals surface area contributed by atoms with Crippen LogP contribution in [0.25, 0.3) is 11.3 Å². The summed E-state index contributed by atoms with van der Waals surface area (Å²) >= 11 is 0. The summed E-state index contributed by atoms with van der Waals surface area (Å²) in [7, 11) is 0. The van der Waals surface area contributed by atoms with Crippen LogP contribution in [0.1, 0.15) is 62.5 Å². The summed E-state index contributed by atoms with van der Waals surface area (Å²) in [4.78, 5) is 20.6. The summed E-state index contributed by atoms with van der Waals surface area (Å²) in [5.74, 6) is -1.68. The van der Waals surface area contributed by atoms with Crippen LogP contribution in [0.15, 0.2) is 36.5 Å². The van der Waals surface area contributed by atoms with E-state index in [1.807, 2.05) is 25.1 Å². The number of carbonyl (C=O) groups excluding carboxylic acids is 1. The van der Waals surface area contributed by atoms with Crippen LogP contribution in [0.5, 0.6) is 0 Å². The van der Waals surface area contributed by atoms with Gasteiger partial charge in [-0.25, -0.2) is 14.4 Å². The molecule has 0 aliphatic carbocycles. The number of aliphatic hydroxyl groups is 1. The Hall–Kier alpha value is -3.33. The standard InChI is InChI=1S/C24H29FN6O2/c1-12(2)15-5-7-16(8-6-15)20-9-19(30-31-20)13(3)28-24-27-11-18(25)22(29-24)21-17(14(4)32)10-26-23(21)33/h5-9,11-14,17,21,32H,10H2,1-4H3,(H,26,33)(H,30,31)(H,27,28,29)/t13-,14+,17+,21+/m0/s1. The zero-order valence-electron chi connectivity index (χ0n) is 19.1. The number of hydrogen-bond donors (Lipinski definition) is 4. The highest BCUT2D eigenvalue weighted by Gasteiger charge is 2.41. The molecule has 0 spiro atoms. The lowest BCUT2D eigenvalue weighted by Crippen LogP contribution is -2.26. The van der Waals surface area contributed by atoms with Crippen LogP contribution in [-0.4, -0.2) is 43.8 Å². The number of nitrogens with one attached hydrogen (secondary N) is 3. The third kappa shape index (κ3) is 4.73. The summed E-state index contributed by atoms with van der Waals surface area (Å²) in [5, 5.41) is 23.3. The van der Waals surface area contributed by atoms with E-state index in [9.17, 15) is 14.3 Å². The third-order valence-corrected chi connectivity index (χ3v) is 6.19. The molecule has 1 aromatic carbocycles. The Morgan fingerprint density at radius 3 is 2.58 bits per heavy atom. The van der Waals surface area contributed by atoms with Crippen LogP contribution in [0.3, 0.4) is 0 Å². The van der Waals surface area contributed by atoms with Gasteiger partial charge in [0.2, 0.25) is 11.9 Å². The van der Waals surface area contributed by atoms with Crippen molar-refractivity contribution in [3.8, 4) is 11.3 Å². The average molecular weight is 453 g/mol. The lowest BCUT2D eigenvalue weighted by molar-refractivity contribution is -0.121. The van der Waals surface area contributed by atoms with E-state index in [1.54, 1.807) is 6.92 Å². The molecule has 33 heavy (non-hydrogen) atoms. The van der Waals surface area contributed by atoms with E-state index >= 15 is 0 Å². The predicted molar refractivity (Wildman–Crippen MR) is 123 cm³/mol. The fourth-order valence-electron chi connectivity index (χ4n) is 4.10. The number of aromatic nitrogens is 4. The highest BCUT2D eigenvalue weighted by molar-refractivity contribution is 5.86. The first-order valence-electron chi connectivity index (χ1n) is 11.1. The number of benzene rings is 1. The maximum absolute atomic E-state index is 14.5. The first kappa shape index (κ1) is 22.8. The second-order valence-corrected chi connectivity index (χ2v) is 8.91. The quantitative estimate of drug-likeness (QED) is 0.436. The molecule has 4 atom stereocenters. The number of amides is 1. The van der Waals surface area contributed by atoms with Crippen LogP contribution < -0.4 is 10.6 Å². The van der Waals surface area contributed by atoms with Crippen LogP contribution in [0.2, 0.25) is 0 Å². The van der Waals surface area contributed by atoms with Crippen molar-refractivity contribution in [3.05, 3.63) is 59.3 Å². The van der Waals surface area contributed by atoms with Gasteiger partial charge in [-0.2, -0.15) is 5.10 Å². The highest BCUT2D eigenvalue weighted by atomic mass is 19.1. The van der Waals surface area contributed by atoms with Crippen LogP contribution >= 0.6 is 0 Å². The molecular formula is C24H29FN6O2. The maximum atomic E-state index is 14.5. The topological polar surface area (TPSA) is 116 Å². The SMILES string of the molecule is CC(C)c1ccc(-c2cc([C@H](C)Nc3ncc(F)c([C@@H]4C(=O)NC[C@@H]4[C@@H](C)O)n3)[nH]n2)cc1. The Morgan fingerprint density at radius 2 is 1.91 bits per heavy atom. The van der Waals surface area contributed by atoms with Crippen molar-refractivity contribution >= 4 is 11.9 Å². The van der Waals surface area contributed by atoms with Gasteiger partial charge in [-0.15, -0.1) is 0 Å². The van der Waals surface area contributed by atoms with E-state index in [0.29, 0.717) is 5.92 Å². The second kappa shape index (κ2) is 9.27. The Kier molecular flexibility index (Phi) is 6.42. The minimum atomic E-state index is -0.864. The smallest absolute Gasteiger partial charge is 0.229 e. The molecule has 174 valence electrons. The van der Waals surface area contributed by atoms with Crippen LogP contribution in [0.4, 0.5) is 10.3 Å². The molecule has 4 N–H and O–H groups in total. The number of halogens is 1. The predicted octanol–water partition coefficient (Wildman–Crippen LogP) is 3.51. The molecule has 1 saturated heterocycles. The van der Waals surface area contributed by atoms with Gasteiger partial charge in [0.25, 0.3) is 0 Å². The van der Waals surface area contributed by atoms with Gasteiger partial charge >= 0.3 is 0 Å². The van der Waals surface area contributed by atoms with E-state index in [4.69, 9.17) is 0 Å². The maximum Gasteiger partial charge on any atom is 0.229 e. The zero-order valence-corrected chi connectivity index (χ0v) is 19.1. The molecule has 4 rings (SSSR count). The van der Waals surface area contributed by atoms with Gasteiger partial charge in [0, 0.05) is 18.0 Å². The number of aliphatic hydroxyl groups excluding tert-OH is 1. The molecule has 0 saturated carbocycles. The van der Waals surface area contributed by atoms with Crippen molar-refractivity contribution in [3.63, 3.8) is 0 Å². The molecule has 3 aromatic rings. The van der Waals surface area contributed by atoms with Crippen molar-refractivity contribution in [1.82, 2.24) is 25.5 Å². The molecular weight excluding hydrogens is 423 g/mol. The minimum Gasteiger partial charge on any atom is -0.393 e. The number of H-pyrrole nitrogens is 1. The van der Waals surface area contributed by atoms with Crippen molar-refractivity contribution in [1.29, 1.82) is 0 Å². The lowest BCUT2D eigenvalue weighted by Gasteiger charge is -2.20. The van der Waals surface area contributed by atoms with Crippen LogP contribution in [0, 0.1) is 11.7 Å². The van der Waals surface area contributed by atoms with Gasteiger partial charge in [0.15, 0.2) is 5.82 Å². The van der Waals surface area contributed by atoms with E-state index < -0.39 is 23.8 Å². The fraction of sp³-hybridized carbons (Fsp3) is 0.417. The molecule has 3 heterocycles. The number of rotatable bonds is 7. The number of aromatic amines is 1. The van der Waals surface area contributed by atoms with E-state index in [2.05, 4.69) is 56.8 Å². The molecule has 0 unspecified atom stereocenters. The largest absolute Gasteiger partial charge is 0.393 e. The average Bonchev–Trinajstić information content (AvgIpc) is 3.42. The first-order valence-corrected chi connectivity index (χ1v) is 11.1. The van der Waals surface area contributed by atoms with E-state index in [0.717, 1.165) is 23.1 Å². The van der Waals surface area contributed by atoms with Gasteiger partial charge in [-0.1, -0.05) is 38.1 Å².